The Balaban J connectivity index is 1.95. The van der Waals surface area contributed by atoms with Crippen molar-refractivity contribution in [1.82, 2.24) is 14.8 Å². The second-order valence-corrected chi connectivity index (χ2v) is 5.34. The number of amides is 1. The van der Waals surface area contributed by atoms with Crippen LogP contribution in [-0.4, -0.2) is 27.3 Å². The molecule has 5 nitrogen and oxygen atoms in total. The number of hydrogen-bond donors (Lipinski definition) is 0. The number of anilines is 1. The quantitative estimate of drug-likeness (QED) is 0.852. The molecule has 0 saturated carbocycles. The van der Waals surface area contributed by atoms with Crippen molar-refractivity contribution in [3.8, 4) is 0 Å². The molecule has 1 aliphatic rings. The van der Waals surface area contributed by atoms with Gasteiger partial charge in [-0.05, 0) is 26.0 Å². The van der Waals surface area contributed by atoms with Gasteiger partial charge in [-0.1, -0.05) is 6.08 Å². The monoisotopic (exact) mass is 300 g/mol. The smallest absolute Gasteiger partial charge is 0.266 e. The van der Waals surface area contributed by atoms with Gasteiger partial charge in [0.1, 0.15) is 6.67 Å². The third kappa shape index (κ3) is 2.52. The number of halogens is 1. The third-order valence-electron chi connectivity index (χ3n) is 3.70. The molecule has 0 fully saturated rings. The molecule has 1 aliphatic carbocycles. The Morgan fingerprint density at radius 3 is 2.86 bits per heavy atom. The van der Waals surface area contributed by atoms with E-state index in [-0.39, 0.29) is 11.9 Å². The van der Waals surface area contributed by atoms with Gasteiger partial charge in [0.05, 0.1) is 29.7 Å². The highest BCUT2D eigenvalue weighted by Crippen LogP contribution is 2.31. The zero-order chi connectivity index (χ0) is 15.7. The van der Waals surface area contributed by atoms with Crippen molar-refractivity contribution in [3.05, 3.63) is 53.8 Å². The van der Waals surface area contributed by atoms with Crippen LogP contribution >= 0.6 is 0 Å². The summed E-state index contributed by atoms with van der Waals surface area (Å²) in [4.78, 5) is 18.6. The second kappa shape index (κ2) is 5.71. The summed E-state index contributed by atoms with van der Waals surface area (Å²) in [6, 6.07) is 3.25. The minimum Gasteiger partial charge on any atom is -0.279 e. The fraction of sp³-hybridized carbons (Fsp3) is 0.312. The Labute approximate surface area is 128 Å². The van der Waals surface area contributed by atoms with E-state index < -0.39 is 6.67 Å². The van der Waals surface area contributed by atoms with E-state index >= 15 is 0 Å². The number of carbonyl (C=O) groups is 1. The van der Waals surface area contributed by atoms with E-state index in [4.69, 9.17) is 0 Å². The van der Waals surface area contributed by atoms with Crippen molar-refractivity contribution in [3.63, 3.8) is 0 Å². The maximum atomic E-state index is 12.9. The van der Waals surface area contributed by atoms with Crippen LogP contribution in [0.2, 0.25) is 0 Å². The van der Waals surface area contributed by atoms with Crippen LogP contribution in [0.15, 0.2) is 42.5 Å². The van der Waals surface area contributed by atoms with Crippen molar-refractivity contribution in [2.24, 2.45) is 0 Å². The Hall–Kier alpha value is -2.50. The van der Waals surface area contributed by atoms with Crippen molar-refractivity contribution in [2.45, 2.75) is 26.3 Å². The van der Waals surface area contributed by atoms with Crippen LogP contribution in [0.3, 0.4) is 0 Å². The predicted molar refractivity (Wildman–Crippen MR) is 81.4 cm³/mol. The van der Waals surface area contributed by atoms with Crippen LogP contribution < -0.4 is 4.90 Å². The summed E-state index contributed by atoms with van der Waals surface area (Å²) in [5.74, 6) is -0.161. The molecule has 1 unspecified atom stereocenters. The molecule has 0 saturated heterocycles. The van der Waals surface area contributed by atoms with Crippen molar-refractivity contribution >= 4 is 11.6 Å². The van der Waals surface area contributed by atoms with Crippen LogP contribution in [0, 0.1) is 6.92 Å². The maximum absolute atomic E-state index is 12.9. The number of allylic oxidation sites excluding steroid dienone is 2. The molecule has 0 radical (unpaired) electrons. The number of pyridine rings is 1. The van der Waals surface area contributed by atoms with Gasteiger partial charge in [-0.15, -0.1) is 0 Å². The summed E-state index contributed by atoms with van der Waals surface area (Å²) in [7, 11) is 0. The number of rotatable bonds is 5. The van der Waals surface area contributed by atoms with Gasteiger partial charge in [-0.25, -0.2) is 4.39 Å². The Bertz CT molecular complexity index is 723. The molecule has 1 amide bonds. The fourth-order valence-electron chi connectivity index (χ4n) is 2.39. The zero-order valence-corrected chi connectivity index (χ0v) is 12.5. The van der Waals surface area contributed by atoms with E-state index in [0.717, 1.165) is 17.8 Å². The third-order valence-corrected chi connectivity index (χ3v) is 3.70. The summed E-state index contributed by atoms with van der Waals surface area (Å²) in [5, 5.41) is 4.16. The Kier molecular flexibility index (Phi) is 3.75. The van der Waals surface area contributed by atoms with E-state index in [0.29, 0.717) is 11.3 Å². The number of alkyl halides is 1. The lowest BCUT2D eigenvalue weighted by Gasteiger charge is -2.19. The molecule has 6 heteroatoms. The largest absolute Gasteiger partial charge is 0.279 e. The van der Waals surface area contributed by atoms with Gasteiger partial charge in [-0.2, -0.15) is 5.10 Å². The van der Waals surface area contributed by atoms with Gasteiger partial charge in [-0.3, -0.25) is 19.4 Å². The average molecular weight is 300 g/mol. The summed E-state index contributed by atoms with van der Waals surface area (Å²) >= 11 is 0. The molecule has 2 aromatic heterocycles. The molecule has 2 heterocycles. The molecule has 3 rings (SSSR count). The van der Waals surface area contributed by atoms with Crippen LogP contribution in [0.4, 0.5) is 10.1 Å². The van der Waals surface area contributed by atoms with Crippen molar-refractivity contribution in [1.29, 1.82) is 0 Å². The van der Waals surface area contributed by atoms with Gasteiger partial charge < -0.3 is 0 Å². The second-order valence-electron chi connectivity index (χ2n) is 5.34. The fourth-order valence-corrected chi connectivity index (χ4v) is 2.39. The minimum absolute atomic E-state index is 0.161. The van der Waals surface area contributed by atoms with E-state index in [1.807, 2.05) is 12.1 Å². The molecule has 0 aromatic carbocycles. The summed E-state index contributed by atoms with van der Waals surface area (Å²) in [6.45, 7) is 3.00. The Morgan fingerprint density at radius 1 is 1.50 bits per heavy atom. The molecule has 22 heavy (non-hydrogen) atoms. The maximum Gasteiger partial charge on any atom is 0.266 e. The highest BCUT2D eigenvalue weighted by Gasteiger charge is 2.29. The van der Waals surface area contributed by atoms with E-state index in [9.17, 15) is 9.18 Å². The van der Waals surface area contributed by atoms with Crippen LogP contribution in [0.25, 0.3) is 0 Å². The molecule has 2 aromatic rings. The number of aromatic nitrogens is 3. The minimum atomic E-state index is -0.520. The lowest BCUT2D eigenvalue weighted by atomic mass is 10.2. The van der Waals surface area contributed by atoms with Crippen LogP contribution in [-0.2, 0) is 0 Å². The highest BCUT2D eigenvalue weighted by molar-refractivity contribution is 6.09. The lowest BCUT2D eigenvalue weighted by molar-refractivity contribution is 0.0995. The first-order valence-corrected chi connectivity index (χ1v) is 7.17. The van der Waals surface area contributed by atoms with Crippen LogP contribution in [0.1, 0.15) is 35.4 Å². The molecule has 0 spiro atoms. The van der Waals surface area contributed by atoms with Gasteiger partial charge >= 0.3 is 0 Å². The number of hydrogen-bond acceptors (Lipinski definition) is 3. The predicted octanol–water partition coefficient (Wildman–Crippen LogP) is 3.05. The van der Waals surface area contributed by atoms with Gasteiger partial charge in [0.2, 0.25) is 0 Å². The van der Waals surface area contributed by atoms with Gasteiger partial charge in [0, 0.05) is 24.0 Å². The summed E-state index contributed by atoms with van der Waals surface area (Å²) in [6.07, 6.45) is 7.60. The van der Waals surface area contributed by atoms with E-state index in [1.54, 1.807) is 41.9 Å². The highest BCUT2D eigenvalue weighted by atomic mass is 19.1. The molecular weight excluding hydrogens is 283 g/mol. The first kappa shape index (κ1) is 14.4. The van der Waals surface area contributed by atoms with Crippen molar-refractivity contribution < 1.29 is 9.18 Å². The molecule has 0 N–H and O–H groups in total. The van der Waals surface area contributed by atoms with E-state index in [2.05, 4.69) is 10.1 Å². The first-order chi connectivity index (χ1) is 10.6. The molecule has 0 aliphatic heterocycles. The summed E-state index contributed by atoms with van der Waals surface area (Å²) in [5.41, 5.74) is 2.83. The number of carbonyl (C=O) groups excluding carboxylic acids is 1. The van der Waals surface area contributed by atoms with Crippen molar-refractivity contribution in [2.75, 3.05) is 11.6 Å². The molecular formula is C16H17FN4O. The van der Waals surface area contributed by atoms with Gasteiger partial charge in [0.15, 0.2) is 0 Å². The zero-order valence-electron chi connectivity index (χ0n) is 12.5. The van der Waals surface area contributed by atoms with E-state index in [1.165, 1.54) is 6.20 Å². The normalized spacial score (nSPS) is 14.4. The molecule has 0 bridgehead atoms. The first-order valence-electron chi connectivity index (χ1n) is 7.17. The SMILES string of the molecule is Cc1c(C(=O)N(C2=CC2)c2cccnc2)cnn1C(C)CF. The number of nitrogens with zero attached hydrogens (tertiary/aromatic N) is 4. The summed E-state index contributed by atoms with van der Waals surface area (Å²) < 4.78 is 14.4. The molecule has 1 atom stereocenters. The lowest BCUT2D eigenvalue weighted by Crippen LogP contribution is -2.27. The Morgan fingerprint density at radius 2 is 2.27 bits per heavy atom. The van der Waals surface area contributed by atoms with Crippen LogP contribution in [0.5, 0.6) is 0 Å². The topological polar surface area (TPSA) is 51.0 Å². The average Bonchev–Trinajstić information content (AvgIpc) is 3.29. The van der Waals surface area contributed by atoms with Gasteiger partial charge in [0.25, 0.3) is 5.91 Å². The molecule has 114 valence electrons. The standard InChI is InChI=1S/C16H17FN4O/c1-11(8-17)21-12(2)15(10-19-21)16(22)20(13-5-6-13)14-4-3-7-18-9-14/h3-5,7,9-11H,6,8H2,1-2H3.